The number of nitrogens with zero attached hydrogens (tertiary/aromatic N) is 1. The molecule has 0 aliphatic carbocycles. The summed E-state index contributed by atoms with van der Waals surface area (Å²) in [5, 5.41) is 1.14. The van der Waals surface area contributed by atoms with E-state index in [9.17, 15) is 4.79 Å². The lowest BCUT2D eigenvalue weighted by Crippen LogP contribution is -2.42. The summed E-state index contributed by atoms with van der Waals surface area (Å²) in [4.78, 5) is 18.1. The molecule has 1 aliphatic rings. The van der Waals surface area contributed by atoms with Crippen LogP contribution in [0.5, 0.6) is 11.5 Å². The largest absolute Gasteiger partial charge is 0.486 e. The lowest BCUT2D eigenvalue weighted by Gasteiger charge is -2.29. The summed E-state index contributed by atoms with van der Waals surface area (Å²) < 4.78 is 11.7. The fourth-order valence-electron chi connectivity index (χ4n) is 3.75. The number of ether oxygens (including phenoxy) is 2. The third-order valence-electron chi connectivity index (χ3n) is 5.23. The molecule has 0 radical (unpaired) electrons. The molecule has 1 aromatic heterocycles. The minimum absolute atomic E-state index is 0.0371. The molecule has 27 heavy (non-hydrogen) atoms. The smallest absolute Gasteiger partial charge is 0.270 e. The van der Waals surface area contributed by atoms with Gasteiger partial charge in [0.15, 0.2) is 17.6 Å². The standard InChI is InChI=1S/C22H24N2O3/c1-13-9-10-14(2)20-19(13)15(3)21(23-20)22(25)24(4)11-16-12-26-17-7-5-6-8-18(17)27-16/h5-10,16,23H,11-12H2,1-4H3. The van der Waals surface area contributed by atoms with Gasteiger partial charge in [-0.05, 0) is 49.6 Å². The quantitative estimate of drug-likeness (QED) is 0.764. The van der Waals surface area contributed by atoms with Crippen LogP contribution in [0.2, 0.25) is 0 Å². The second kappa shape index (κ2) is 6.65. The number of aromatic nitrogens is 1. The predicted octanol–water partition coefficient (Wildman–Crippen LogP) is 4.01. The number of fused-ring (bicyclic) bond motifs is 2. The van der Waals surface area contributed by atoms with Crippen molar-refractivity contribution in [3.8, 4) is 11.5 Å². The summed E-state index contributed by atoms with van der Waals surface area (Å²) in [5.74, 6) is 1.44. The molecule has 0 spiro atoms. The molecular weight excluding hydrogens is 340 g/mol. The van der Waals surface area contributed by atoms with Crippen LogP contribution in [0.25, 0.3) is 10.9 Å². The number of likely N-dealkylation sites (N-methyl/N-ethyl adjacent to an activating group) is 1. The Morgan fingerprint density at radius 3 is 2.56 bits per heavy atom. The molecule has 1 unspecified atom stereocenters. The maximum Gasteiger partial charge on any atom is 0.270 e. The SMILES string of the molecule is Cc1ccc(C)c2c(C)c(C(=O)N(C)CC3COc4ccccc4O3)[nH]c12. The van der Waals surface area contributed by atoms with E-state index >= 15 is 0 Å². The summed E-state index contributed by atoms with van der Waals surface area (Å²) in [6, 6.07) is 11.8. The molecule has 0 bridgehead atoms. The van der Waals surface area contributed by atoms with Gasteiger partial charge in [0.25, 0.3) is 5.91 Å². The first kappa shape index (κ1) is 17.5. The van der Waals surface area contributed by atoms with Gasteiger partial charge >= 0.3 is 0 Å². The summed E-state index contributed by atoms with van der Waals surface area (Å²) >= 11 is 0. The van der Waals surface area contributed by atoms with Crippen molar-refractivity contribution in [2.24, 2.45) is 0 Å². The van der Waals surface area contributed by atoms with Gasteiger partial charge in [0.05, 0.1) is 6.54 Å². The first-order valence-corrected chi connectivity index (χ1v) is 9.18. The maximum atomic E-state index is 13.1. The van der Waals surface area contributed by atoms with Crippen molar-refractivity contribution >= 4 is 16.8 Å². The van der Waals surface area contributed by atoms with Gasteiger partial charge in [0.2, 0.25) is 0 Å². The topological polar surface area (TPSA) is 54.6 Å². The fourth-order valence-corrected chi connectivity index (χ4v) is 3.75. The number of hydrogen-bond acceptors (Lipinski definition) is 3. The molecule has 4 rings (SSSR count). The minimum Gasteiger partial charge on any atom is -0.486 e. The first-order chi connectivity index (χ1) is 13.0. The van der Waals surface area contributed by atoms with Gasteiger partial charge in [-0.2, -0.15) is 0 Å². The summed E-state index contributed by atoms with van der Waals surface area (Å²) in [7, 11) is 1.80. The molecule has 5 nitrogen and oxygen atoms in total. The van der Waals surface area contributed by atoms with Crippen molar-refractivity contribution in [1.29, 1.82) is 0 Å². The van der Waals surface area contributed by atoms with Crippen LogP contribution in [-0.2, 0) is 0 Å². The van der Waals surface area contributed by atoms with Gasteiger partial charge in [-0.3, -0.25) is 4.79 Å². The molecule has 0 saturated carbocycles. The van der Waals surface area contributed by atoms with Crippen molar-refractivity contribution in [3.63, 3.8) is 0 Å². The molecule has 1 aliphatic heterocycles. The number of rotatable bonds is 3. The Bertz CT molecular complexity index is 1020. The van der Waals surface area contributed by atoms with E-state index in [1.165, 1.54) is 5.56 Å². The average molecular weight is 364 g/mol. The van der Waals surface area contributed by atoms with Gasteiger partial charge < -0.3 is 19.4 Å². The zero-order valence-electron chi connectivity index (χ0n) is 16.1. The molecule has 140 valence electrons. The van der Waals surface area contributed by atoms with Crippen LogP contribution in [0.4, 0.5) is 0 Å². The number of hydrogen-bond donors (Lipinski definition) is 1. The third kappa shape index (κ3) is 3.03. The molecule has 5 heteroatoms. The molecule has 1 N–H and O–H groups in total. The molecule has 0 fully saturated rings. The van der Waals surface area contributed by atoms with Gasteiger partial charge in [-0.15, -0.1) is 0 Å². The second-order valence-corrected chi connectivity index (χ2v) is 7.26. The Kier molecular flexibility index (Phi) is 4.30. The van der Waals surface area contributed by atoms with E-state index in [0.29, 0.717) is 18.8 Å². The molecule has 0 saturated heterocycles. The van der Waals surface area contributed by atoms with E-state index in [1.807, 2.05) is 31.2 Å². The van der Waals surface area contributed by atoms with Crippen LogP contribution in [0, 0.1) is 20.8 Å². The molecule has 1 amide bonds. The van der Waals surface area contributed by atoms with E-state index in [4.69, 9.17) is 9.47 Å². The average Bonchev–Trinajstić information content (AvgIpc) is 3.02. The molecule has 1 atom stereocenters. The van der Waals surface area contributed by atoms with Crippen molar-refractivity contribution in [2.45, 2.75) is 26.9 Å². The van der Waals surface area contributed by atoms with Gasteiger partial charge in [0.1, 0.15) is 12.3 Å². The first-order valence-electron chi connectivity index (χ1n) is 9.18. The number of carbonyl (C=O) groups is 1. The van der Waals surface area contributed by atoms with Crippen LogP contribution in [-0.4, -0.2) is 42.1 Å². The Labute approximate surface area is 158 Å². The van der Waals surface area contributed by atoms with Gasteiger partial charge in [-0.25, -0.2) is 0 Å². The number of aryl methyl sites for hydroxylation is 3. The van der Waals surface area contributed by atoms with Crippen molar-refractivity contribution in [1.82, 2.24) is 9.88 Å². The Morgan fingerprint density at radius 2 is 1.81 bits per heavy atom. The highest BCUT2D eigenvalue weighted by atomic mass is 16.6. The van der Waals surface area contributed by atoms with Crippen LogP contribution < -0.4 is 9.47 Å². The van der Waals surface area contributed by atoms with Crippen LogP contribution in [0.15, 0.2) is 36.4 Å². The fraction of sp³-hybridized carbons (Fsp3) is 0.318. The normalized spacial score (nSPS) is 15.8. The van der Waals surface area contributed by atoms with Crippen molar-refractivity contribution in [3.05, 3.63) is 58.8 Å². The highest BCUT2D eigenvalue weighted by molar-refractivity contribution is 6.02. The predicted molar refractivity (Wildman–Crippen MR) is 106 cm³/mol. The highest BCUT2D eigenvalue weighted by Crippen LogP contribution is 2.31. The summed E-state index contributed by atoms with van der Waals surface area (Å²) in [5.41, 5.74) is 4.99. The Balaban J connectivity index is 1.55. The number of carbonyl (C=O) groups excluding carboxylic acids is 1. The Morgan fingerprint density at radius 1 is 1.11 bits per heavy atom. The summed E-state index contributed by atoms with van der Waals surface area (Å²) in [6.45, 7) is 7.02. The van der Waals surface area contributed by atoms with Crippen LogP contribution >= 0.6 is 0 Å². The number of amides is 1. The number of H-pyrrole nitrogens is 1. The van der Waals surface area contributed by atoms with E-state index in [2.05, 4.69) is 31.0 Å². The lowest BCUT2D eigenvalue weighted by atomic mass is 10.0. The van der Waals surface area contributed by atoms with Crippen LogP contribution in [0.1, 0.15) is 27.2 Å². The van der Waals surface area contributed by atoms with Crippen molar-refractivity contribution in [2.75, 3.05) is 20.2 Å². The zero-order chi connectivity index (χ0) is 19.1. The third-order valence-corrected chi connectivity index (χ3v) is 5.23. The van der Waals surface area contributed by atoms with Gasteiger partial charge in [-0.1, -0.05) is 24.3 Å². The van der Waals surface area contributed by atoms with E-state index in [-0.39, 0.29) is 12.0 Å². The molecular formula is C22H24N2O3. The molecule has 2 aromatic carbocycles. The number of para-hydroxylation sites is 2. The summed E-state index contributed by atoms with van der Waals surface area (Å²) in [6.07, 6.45) is -0.193. The maximum absolute atomic E-state index is 13.1. The second-order valence-electron chi connectivity index (χ2n) is 7.26. The minimum atomic E-state index is -0.193. The molecule has 3 aromatic rings. The van der Waals surface area contributed by atoms with Gasteiger partial charge in [0, 0.05) is 18.0 Å². The van der Waals surface area contributed by atoms with Crippen molar-refractivity contribution < 1.29 is 14.3 Å². The van der Waals surface area contributed by atoms with E-state index in [1.54, 1.807) is 11.9 Å². The number of nitrogens with one attached hydrogen (secondary N) is 1. The number of aromatic amines is 1. The Hall–Kier alpha value is -2.95. The van der Waals surface area contributed by atoms with Crippen LogP contribution in [0.3, 0.4) is 0 Å². The monoisotopic (exact) mass is 364 g/mol. The number of benzene rings is 2. The highest BCUT2D eigenvalue weighted by Gasteiger charge is 2.26. The molecule has 2 heterocycles. The van der Waals surface area contributed by atoms with E-state index < -0.39 is 0 Å². The zero-order valence-corrected chi connectivity index (χ0v) is 16.1. The lowest BCUT2D eigenvalue weighted by molar-refractivity contribution is 0.0517. The van der Waals surface area contributed by atoms with E-state index in [0.717, 1.165) is 33.5 Å².